The van der Waals surface area contributed by atoms with Crippen molar-refractivity contribution in [1.82, 2.24) is 9.97 Å². The molecular formula is C14H14N2O5. The van der Waals surface area contributed by atoms with Gasteiger partial charge in [-0.1, -0.05) is 0 Å². The zero-order chi connectivity index (χ0) is 14.8. The van der Waals surface area contributed by atoms with E-state index in [0.717, 1.165) is 0 Å². The molecule has 7 nitrogen and oxygen atoms in total. The van der Waals surface area contributed by atoms with Gasteiger partial charge in [0.1, 0.15) is 5.82 Å². The second kappa shape index (κ2) is 5.45. The van der Waals surface area contributed by atoms with Gasteiger partial charge in [-0.3, -0.25) is 4.79 Å². The lowest BCUT2D eigenvalue weighted by atomic mass is 10.1. The van der Waals surface area contributed by atoms with E-state index in [9.17, 15) is 4.79 Å². The Morgan fingerprint density at radius 1 is 1.29 bits per heavy atom. The number of fused-ring (bicyclic) bond motifs is 1. The summed E-state index contributed by atoms with van der Waals surface area (Å²) in [4.78, 5) is 18.8. The van der Waals surface area contributed by atoms with Crippen molar-refractivity contribution < 1.29 is 18.9 Å². The summed E-state index contributed by atoms with van der Waals surface area (Å²) < 4.78 is 21.0. The van der Waals surface area contributed by atoms with Gasteiger partial charge < -0.3 is 23.9 Å². The highest BCUT2D eigenvalue weighted by Crippen LogP contribution is 2.43. The smallest absolute Gasteiger partial charge is 0.251 e. The first-order valence-electron chi connectivity index (χ1n) is 6.28. The predicted octanol–water partition coefficient (Wildman–Crippen LogP) is 1.32. The van der Waals surface area contributed by atoms with E-state index in [1.807, 2.05) is 0 Å². The molecule has 0 saturated carbocycles. The first-order valence-corrected chi connectivity index (χ1v) is 6.28. The standard InChI is InChI=1S/C14H14N2O5/c1-18-6-9-5-12(17)16-14(15-9)8-3-10(19-2)13-11(4-8)20-7-21-13/h3-5H,6-7H2,1-2H3,(H,15,16,17). The molecule has 1 aliphatic rings. The van der Waals surface area contributed by atoms with Crippen LogP contribution in [0.15, 0.2) is 23.0 Å². The Morgan fingerprint density at radius 2 is 2.14 bits per heavy atom. The third-order valence-electron chi connectivity index (χ3n) is 3.02. The third kappa shape index (κ3) is 2.55. The van der Waals surface area contributed by atoms with Gasteiger partial charge in [-0.2, -0.15) is 0 Å². The summed E-state index contributed by atoms with van der Waals surface area (Å²) in [5, 5.41) is 0. The molecule has 0 saturated heterocycles. The van der Waals surface area contributed by atoms with Gasteiger partial charge in [0.05, 0.1) is 19.4 Å². The van der Waals surface area contributed by atoms with Crippen LogP contribution in [0.1, 0.15) is 5.69 Å². The number of methoxy groups -OCH3 is 2. The van der Waals surface area contributed by atoms with Crippen molar-refractivity contribution in [2.24, 2.45) is 0 Å². The molecule has 0 atom stereocenters. The normalized spacial score (nSPS) is 12.5. The molecule has 0 bridgehead atoms. The lowest BCUT2D eigenvalue weighted by Gasteiger charge is -2.08. The summed E-state index contributed by atoms with van der Waals surface area (Å²) in [6.07, 6.45) is 0. The maximum Gasteiger partial charge on any atom is 0.251 e. The average Bonchev–Trinajstić information content (AvgIpc) is 2.94. The zero-order valence-corrected chi connectivity index (χ0v) is 11.6. The Kier molecular flexibility index (Phi) is 3.49. The monoisotopic (exact) mass is 290 g/mol. The number of nitrogens with one attached hydrogen (secondary N) is 1. The average molecular weight is 290 g/mol. The maximum atomic E-state index is 11.7. The minimum atomic E-state index is -0.247. The number of aromatic nitrogens is 2. The van der Waals surface area contributed by atoms with Crippen LogP contribution >= 0.6 is 0 Å². The van der Waals surface area contributed by atoms with Gasteiger partial charge in [-0.15, -0.1) is 0 Å². The molecule has 0 spiro atoms. The molecule has 0 amide bonds. The number of aromatic amines is 1. The molecule has 3 rings (SSSR count). The van der Waals surface area contributed by atoms with Crippen molar-refractivity contribution in [1.29, 1.82) is 0 Å². The zero-order valence-electron chi connectivity index (χ0n) is 11.6. The summed E-state index contributed by atoms with van der Waals surface area (Å²) in [7, 11) is 3.09. The Morgan fingerprint density at radius 3 is 2.90 bits per heavy atom. The van der Waals surface area contributed by atoms with Crippen molar-refractivity contribution in [2.75, 3.05) is 21.0 Å². The lowest BCUT2D eigenvalue weighted by molar-refractivity contribution is 0.171. The molecule has 0 radical (unpaired) electrons. The summed E-state index contributed by atoms with van der Waals surface area (Å²) in [6, 6.07) is 4.89. The second-order valence-corrected chi connectivity index (χ2v) is 4.43. The highest BCUT2D eigenvalue weighted by atomic mass is 16.7. The second-order valence-electron chi connectivity index (χ2n) is 4.43. The van der Waals surface area contributed by atoms with Gasteiger partial charge in [0.15, 0.2) is 11.5 Å². The van der Waals surface area contributed by atoms with Gasteiger partial charge in [0.2, 0.25) is 12.5 Å². The molecule has 2 aromatic rings. The van der Waals surface area contributed by atoms with Crippen LogP contribution in [0, 0.1) is 0 Å². The quantitative estimate of drug-likeness (QED) is 0.914. The number of nitrogens with zero attached hydrogens (tertiary/aromatic N) is 1. The van der Waals surface area contributed by atoms with Crippen LogP contribution in [0.4, 0.5) is 0 Å². The molecule has 1 N–H and O–H groups in total. The van der Waals surface area contributed by atoms with Crippen molar-refractivity contribution in [2.45, 2.75) is 6.61 Å². The lowest BCUT2D eigenvalue weighted by Crippen LogP contribution is -2.11. The molecule has 0 aliphatic carbocycles. The highest BCUT2D eigenvalue weighted by Gasteiger charge is 2.21. The van der Waals surface area contributed by atoms with E-state index in [0.29, 0.717) is 34.3 Å². The number of hydrogen-bond acceptors (Lipinski definition) is 6. The number of benzene rings is 1. The molecule has 1 aromatic heterocycles. The fourth-order valence-corrected chi connectivity index (χ4v) is 2.13. The van der Waals surface area contributed by atoms with E-state index in [1.54, 1.807) is 26.4 Å². The van der Waals surface area contributed by atoms with Crippen LogP contribution in [-0.2, 0) is 11.3 Å². The SMILES string of the molecule is COCc1cc(=O)[nH]c(-c2cc(OC)c3c(c2)OCO3)n1. The predicted molar refractivity (Wildman–Crippen MR) is 73.7 cm³/mol. The van der Waals surface area contributed by atoms with E-state index in [1.165, 1.54) is 6.07 Å². The summed E-state index contributed by atoms with van der Waals surface area (Å²) in [5.41, 5.74) is 0.975. The summed E-state index contributed by atoms with van der Waals surface area (Å²) in [6.45, 7) is 0.404. The molecule has 0 unspecified atom stereocenters. The Balaban J connectivity index is 2.10. The van der Waals surface area contributed by atoms with Crippen molar-refractivity contribution in [3.63, 3.8) is 0 Å². The fraction of sp³-hybridized carbons (Fsp3) is 0.286. The molecule has 7 heteroatoms. The van der Waals surface area contributed by atoms with Crippen LogP contribution in [0.25, 0.3) is 11.4 Å². The molecule has 110 valence electrons. The topological polar surface area (TPSA) is 82.7 Å². The third-order valence-corrected chi connectivity index (χ3v) is 3.02. The molecule has 2 heterocycles. The summed E-state index contributed by atoms with van der Waals surface area (Å²) >= 11 is 0. The fourth-order valence-electron chi connectivity index (χ4n) is 2.13. The van der Waals surface area contributed by atoms with Crippen molar-refractivity contribution in [3.05, 3.63) is 34.2 Å². The van der Waals surface area contributed by atoms with Crippen molar-refractivity contribution in [3.8, 4) is 28.6 Å². The molecule has 0 fully saturated rings. The number of ether oxygens (including phenoxy) is 4. The van der Waals surface area contributed by atoms with Gasteiger partial charge in [-0.25, -0.2) is 4.98 Å². The van der Waals surface area contributed by atoms with Crippen LogP contribution in [0.3, 0.4) is 0 Å². The first kappa shape index (κ1) is 13.4. The minimum absolute atomic E-state index is 0.142. The van der Waals surface area contributed by atoms with E-state index in [4.69, 9.17) is 18.9 Å². The number of rotatable bonds is 4. The maximum absolute atomic E-state index is 11.7. The molecule has 1 aliphatic heterocycles. The number of hydrogen-bond donors (Lipinski definition) is 1. The first-order chi connectivity index (χ1) is 10.2. The Bertz CT molecular complexity index is 726. The van der Waals surface area contributed by atoms with Gasteiger partial charge >= 0.3 is 0 Å². The highest BCUT2D eigenvalue weighted by molar-refractivity contribution is 5.67. The van der Waals surface area contributed by atoms with Gasteiger partial charge in [0.25, 0.3) is 5.56 Å². The van der Waals surface area contributed by atoms with Crippen molar-refractivity contribution >= 4 is 0 Å². The van der Waals surface area contributed by atoms with E-state index in [2.05, 4.69) is 9.97 Å². The van der Waals surface area contributed by atoms with Gasteiger partial charge in [-0.05, 0) is 12.1 Å². The van der Waals surface area contributed by atoms with Crippen LogP contribution < -0.4 is 19.8 Å². The largest absolute Gasteiger partial charge is 0.493 e. The Hall–Kier alpha value is -2.54. The molecule has 21 heavy (non-hydrogen) atoms. The van der Waals surface area contributed by atoms with E-state index < -0.39 is 0 Å². The van der Waals surface area contributed by atoms with E-state index >= 15 is 0 Å². The molecular weight excluding hydrogens is 276 g/mol. The van der Waals surface area contributed by atoms with Crippen LogP contribution in [0.2, 0.25) is 0 Å². The Labute approximate surface area is 120 Å². The van der Waals surface area contributed by atoms with Crippen LogP contribution in [-0.4, -0.2) is 31.0 Å². The minimum Gasteiger partial charge on any atom is -0.493 e. The summed E-state index contributed by atoms with van der Waals surface area (Å²) in [5.74, 6) is 2.06. The van der Waals surface area contributed by atoms with Gasteiger partial charge in [0, 0.05) is 18.7 Å². The van der Waals surface area contributed by atoms with Crippen LogP contribution in [0.5, 0.6) is 17.2 Å². The van der Waals surface area contributed by atoms with E-state index in [-0.39, 0.29) is 19.0 Å². The molecule has 1 aromatic carbocycles. The number of H-pyrrole nitrogens is 1.